The Balaban J connectivity index is 1.82. The maximum Gasteiger partial charge on any atom is 0.310 e. The molecular weight excluding hydrogens is 356 g/mol. The molecule has 2 N–H and O–H groups in total. The number of carbonyl (C=O) groups is 1. The smallest absolute Gasteiger partial charge is 0.310 e. The second-order valence-corrected chi connectivity index (χ2v) is 6.81. The Hall–Kier alpha value is -2.64. The van der Waals surface area contributed by atoms with Crippen molar-refractivity contribution in [2.75, 3.05) is 18.0 Å². The van der Waals surface area contributed by atoms with Crippen LogP contribution in [-0.2, 0) is 4.79 Å². The normalized spacial score (nSPS) is 20.5. The summed E-state index contributed by atoms with van der Waals surface area (Å²) < 4.78 is 1.88. The maximum atomic E-state index is 11.4. The number of carboxylic acids is 1. The van der Waals surface area contributed by atoms with Crippen molar-refractivity contribution < 1.29 is 15.0 Å². The van der Waals surface area contributed by atoms with E-state index < -0.39 is 18.0 Å². The summed E-state index contributed by atoms with van der Waals surface area (Å²) in [5, 5.41) is 20.8. The third-order valence-electron chi connectivity index (χ3n) is 4.74. The lowest BCUT2D eigenvalue weighted by molar-refractivity contribution is -0.146. The molecule has 0 bridgehead atoms. The molecule has 4 rings (SSSR count). The number of imidazole rings is 1. The van der Waals surface area contributed by atoms with Crippen LogP contribution < -0.4 is 4.90 Å². The molecule has 134 valence electrons. The molecule has 0 saturated carbocycles. The first-order valence-corrected chi connectivity index (χ1v) is 8.65. The quantitative estimate of drug-likeness (QED) is 0.733. The third-order valence-corrected chi connectivity index (χ3v) is 4.97. The first kappa shape index (κ1) is 16.8. The summed E-state index contributed by atoms with van der Waals surface area (Å²) >= 11 is 6.13. The van der Waals surface area contributed by atoms with Crippen molar-refractivity contribution in [1.29, 1.82) is 0 Å². The fraction of sp³-hybridized carbons (Fsp3) is 0.278. The highest BCUT2D eigenvalue weighted by Gasteiger charge is 2.33. The molecule has 2 aromatic heterocycles. The number of hydrogen-bond donors (Lipinski definition) is 2. The number of aliphatic hydroxyl groups is 1. The molecule has 1 aliphatic rings. The first-order valence-electron chi connectivity index (χ1n) is 8.27. The topological polar surface area (TPSA) is 91.5 Å². The van der Waals surface area contributed by atoms with Gasteiger partial charge in [-0.2, -0.15) is 0 Å². The van der Waals surface area contributed by atoms with Crippen molar-refractivity contribution in [2.45, 2.75) is 12.5 Å². The number of aromatic nitrogens is 3. The number of piperidine rings is 1. The van der Waals surface area contributed by atoms with Gasteiger partial charge in [0.15, 0.2) is 0 Å². The summed E-state index contributed by atoms with van der Waals surface area (Å²) in [6.45, 7) is 0.742. The zero-order valence-corrected chi connectivity index (χ0v) is 14.5. The van der Waals surface area contributed by atoms with Gasteiger partial charge in [-0.05, 0) is 24.6 Å². The van der Waals surface area contributed by atoms with Crippen LogP contribution in [0.3, 0.4) is 0 Å². The van der Waals surface area contributed by atoms with E-state index >= 15 is 0 Å². The van der Waals surface area contributed by atoms with Crippen LogP contribution in [0.4, 0.5) is 5.82 Å². The second kappa shape index (κ2) is 6.59. The van der Waals surface area contributed by atoms with E-state index in [2.05, 4.69) is 9.97 Å². The number of halogens is 1. The Morgan fingerprint density at radius 2 is 2.15 bits per heavy atom. The van der Waals surface area contributed by atoms with Gasteiger partial charge in [0.25, 0.3) is 0 Å². The van der Waals surface area contributed by atoms with Crippen molar-refractivity contribution in [3.05, 3.63) is 48.0 Å². The number of nitrogens with zero attached hydrogens (tertiary/aromatic N) is 4. The fourth-order valence-corrected chi connectivity index (χ4v) is 3.50. The molecule has 2 atom stereocenters. The van der Waals surface area contributed by atoms with Gasteiger partial charge in [-0.3, -0.25) is 4.79 Å². The Morgan fingerprint density at radius 1 is 1.31 bits per heavy atom. The maximum absolute atomic E-state index is 11.4. The van der Waals surface area contributed by atoms with Gasteiger partial charge in [0, 0.05) is 42.0 Å². The molecule has 3 heterocycles. The number of fused-ring (bicyclic) bond motifs is 1. The summed E-state index contributed by atoms with van der Waals surface area (Å²) in [7, 11) is 0. The molecule has 0 spiro atoms. The minimum atomic E-state index is -0.999. The van der Waals surface area contributed by atoms with Gasteiger partial charge >= 0.3 is 5.97 Å². The van der Waals surface area contributed by atoms with Crippen molar-refractivity contribution >= 4 is 34.3 Å². The van der Waals surface area contributed by atoms with Gasteiger partial charge in [-0.15, -0.1) is 0 Å². The standard InChI is InChI=1S/C18H17ClN4O3/c19-11-1-2-12-14(7-11)21-17(8-15(12)23-6-4-20-10-23)22-5-3-16(24)13(9-22)18(25)26/h1-2,4,6-8,10,13,16,24H,3,5,9H2,(H,25,26)/t13-,16-/m1/s1. The minimum Gasteiger partial charge on any atom is -0.481 e. The molecule has 7 nitrogen and oxygen atoms in total. The van der Waals surface area contributed by atoms with E-state index in [4.69, 9.17) is 11.6 Å². The van der Waals surface area contributed by atoms with E-state index in [9.17, 15) is 15.0 Å². The highest BCUT2D eigenvalue weighted by molar-refractivity contribution is 6.31. The van der Waals surface area contributed by atoms with Crippen molar-refractivity contribution in [3.63, 3.8) is 0 Å². The van der Waals surface area contributed by atoms with Crippen LogP contribution in [0.1, 0.15) is 6.42 Å². The van der Waals surface area contributed by atoms with Gasteiger partial charge in [0.1, 0.15) is 11.7 Å². The van der Waals surface area contributed by atoms with Crippen LogP contribution in [0.25, 0.3) is 16.6 Å². The molecule has 8 heteroatoms. The van der Waals surface area contributed by atoms with Crippen LogP contribution in [0.2, 0.25) is 5.02 Å². The predicted molar refractivity (Wildman–Crippen MR) is 97.8 cm³/mol. The van der Waals surface area contributed by atoms with Crippen LogP contribution in [0.5, 0.6) is 0 Å². The first-order chi connectivity index (χ1) is 12.5. The van der Waals surface area contributed by atoms with E-state index in [1.54, 1.807) is 18.6 Å². The SMILES string of the molecule is O=C(O)[C@@H]1CN(c2cc(-n3ccnc3)c3ccc(Cl)cc3n2)CC[C@H]1O. The van der Waals surface area contributed by atoms with E-state index in [-0.39, 0.29) is 6.54 Å². The van der Waals surface area contributed by atoms with Crippen molar-refractivity contribution in [1.82, 2.24) is 14.5 Å². The molecule has 0 unspecified atom stereocenters. The van der Waals surface area contributed by atoms with E-state index in [1.807, 2.05) is 33.9 Å². The number of hydrogen-bond acceptors (Lipinski definition) is 5. The average molecular weight is 373 g/mol. The molecule has 0 radical (unpaired) electrons. The fourth-order valence-electron chi connectivity index (χ4n) is 3.34. The molecular formula is C18H17ClN4O3. The summed E-state index contributed by atoms with van der Waals surface area (Å²) in [6, 6.07) is 7.41. The molecule has 0 amide bonds. The average Bonchev–Trinajstić information content (AvgIpc) is 3.15. The van der Waals surface area contributed by atoms with E-state index in [0.29, 0.717) is 23.8 Å². The van der Waals surface area contributed by atoms with Crippen LogP contribution in [0.15, 0.2) is 43.0 Å². The zero-order valence-electron chi connectivity index (χ0n) is 13.8. The summed E-state index contributed by atoms with van der Waals surface area (Å²) in [6.07, 6.45) is 4.78. The van der Waals surface area contributed by atoms with Crippen LogP contribution >= 0.6 is 11.6 Å². The third kappa shape index (κ3) is 3.00. The van der Waals surface area contributed by atoms with Gasteiger partial charge in [-0.1, -0.05) is 11.6 Å². The van der Waals surface area contributed by atoms with Gasteiger partial charge < -0.3 is 19.7 Å². The Morgan fingerprint density at radius 3 is 2.88 bits per heavy atom. The Bertz CT molecular complexity index is 960. The number of carboxylic acid groups (broad SMARTS) is 1. The molecule has 1 saturated heterocycles. The van der Waals surface area contributed by atoms with Gasteiger partial charge in [0.05, 0.1) is 23.6 Å². The lowest BCUT2D eigenvalue weighted by Gasteiger charge is -2.35. The zero-order chi connectivity index (χ0) is 18.3. The lowest BCUT2D eigenvalue weighted by atomic mass is 9.95. The molecule has 1 fully saturated rings. The number of rotatable bonds is 3. The molecule has 1 aliphatic heterocycles. The van der Waals surface area contributed by atoms with Gasteiger partial charge in [-0.25, -0.2) is 9.97 Å². The Kier molecular flexibility index (Phi) is 4.26. The van der Waals surface area contributed by atoms with Crippen LogP contribution in [0, 0.1) is 5.92 Å². The predicted octanol–water partition coefficient (Wildman–Crippen LogP) is 2.35. The minimum absolute atomic E-state index is 0.207. The van der Waals surface area contributed by atoms with E-state index in [1.165, 1.54) is 0 Å². The highest BCUT2D eigenvalue weighted by atomic mass is 35.5. The van der Waals surface area contributed by atoms with Crippen molar-refractivity contribution in [2.24, 2.45) is 5.92 Å². The number of anilines is 1. The lowest BCUT2D eigenvalue weighted by Crippen LogP contribution is -2.46. The van der Waals surface area contributed by atoms with Gasteiger partial charge in [0.2, 0.25) is 0 Å². The van der Waals surface area contributed by atoms with Crippen molar-refractivity contribution in [3.8, 4) is 5.69 Å². The number of benzene rings is 1. The summed E-state index contributed by atoms with van der Waals surface area (Å²) in [5.74, 6) is -1.18. The Labute approximate surface area is 154 Å². The monoisotopic (exact) mass is 372 g/mol. The number of aliphatic hydroxyl groups excluding tert-OH is 1. The summed E-state index contributed by atoms with van der Waals surface area (Å²) in [5.41, 5.74) is 1.61. The molecule has 1 aromatic carbocycles. The van der Waals surface area contributed by atoms with E-state index in [0.717, 1.165) is 16.6 Å². The number of aliphatic carboxylic acids is 1. The highest BCUT2D eigenvalue weighted by Crippen LogP contribution is 2.30. The molecule has 3 aromatic rings. The number of pyridine rings is 1. The summed E-state index contributed by atoms with van der Waals surface area (Å²) in [4.78, 5) is 22.1. The molecule has 26 heavy (non-hydrogen) atoms. The second-order valence-electron chi connectivity index (χ2n) is 6.38. The molecule has 0 aliphatic carbocycles. The van der Waals surface area contributed by atoms with Crippen LogP contribution in [-0.4, -0.2) is 49.9 Å². The largest absolute Gasteiger partial charge is 0.481 e.